The van der Waals surface area contributed by atoms with Gasteiger partial charge in [0, 0.05) is 0 Å². The van der Waals surface area contributed by atoms with Crippen LogP contribution in [0.4, 0.5) is 0 Å². The van der Waals surface area contributed by atoms with Crippen LogP contribution in [0.5, 0.6) is 0 Å². The average Bonchev–Trinajstić information content (AvgIpc) is 1.95. The van der Waals surface area contributed by atoms with Gasteiger partial charge in [-0.05, 0) is 12.5 Å². The van der Waals surface area contributed by atoms with Crippen LogP contribution >= 0.6 is 23.5 Å². The Hall–Kier alpha value is -0.320. The maximum atomic E-state index is 8.46. The van der Waals surface area contributed by atoms with Gasteiger partial charge in [-0.25, -0.2) is 0 Å². The summed E-state index contributed by atoms with van der Waals surface area (Å²) in [5.74, 6) is 0. The smallest absolute Gasteiger partial charge is 0.195 e. The first kappa shape index (κ1) is 8.68. The van der Waals surface area contributed by atoms with Crippen molar-refractivity contribution in [3.63, 3.8) is 0 Å². The summed E-state index contributed by atoms with van der Waals surface area (Å²) in [6.45, 7) is 0. The molecule has 0 aromatic heterocycles. The largest absolute Gasteiger partial charge is 0.233 e. The van der Waals surface area contributed by atoms with Crippen LogP contribution in [0.15, 0.2) is 0 Å². The highest BCUT2D eigenvalue weighted by atomic mass is 32.2. The van der Waals surface area contributed by atoms with E-state index in [9.17, 15) is 0 Å². The van der Waals surface area contributed by atoms with Crippen LogP contribution in [0.1, 0.15) is 0 Å². The zero-order chi connectivity index (χ0) is 7.33. The minimum absolute atomic E-state index is 0.889. The van der Waals surface area contributed by atoms with Crippen LogP contribution in [-0.4, -0.2) is 16.6 Å². The lowest BCUT2D eigenvalue weighted by molar-refractivity contribution is 1.29. The van der Waals surface area contributed by atoms with E-state index in [1.54, 1.807) is 12.5 Å². The molecule has 2 nitrogen and oxygen atoms in total. The third kappa shape index (κ3) is 1.82. The Balaban J connectivity index is 4.28. The van der Waals surface area contributed by atoms with E-state index in [2.05, 4.69) is 0 Å². The van der Waals surface area contributed by atoms with Crippen molar-refractivity contribution in [2.45, 2.75) is 4.08 Å². The summed E-state index contributed by atoms with van der Waals surface area (Å²) in [4.78, 5) is 0. The van der Waals surface area contributed by atoms with Crippen molar-refractivity contribution in [1.29, 1.82) is 10.5 Å². The molecule has 0 unspecified atom stereocenters. The fourth-order valence-electron chi connectivity index (χ4n) is 0.291. The highest BCUT2D eigenvalue weighted by Crippen LogP contribution is 2.31. The fourth-order valence-corrected chi connectivity index (χ4v) is 1.32. The van der Waals surface area contributed by atoms with Gasteiger partial charge in [0.15, 0.2) is 0 Å². The molecule has 0 N–H and O–H groups in total. The molecule has 0 bridgehead atoms. The lowest BCUT2D eigenvalue weighted by Gasteiger charge is -2.09. The molecule has 9 heavy (non-hydrogen) atoms. The predicted molar refractivity (Wildman–Crippen MR) is 41.0 cm³/mol. The first-order chi connectivity index (χ1) is 4.24. The SMILES string of the molecule is CSC(C#N)(C#N)SC. The lowest BCUT2D eigenvalue weighted by Crippen LogP contribution is -2.12. The van der Waals surface area contributed by atoms with E-state index in [1.165, 1.54) is 23.5 Å². The highest BCUT2D eigenvalue weighted by molar-refractivity contribution is 8.18. The number of nitriles is 2. The molecule has 0 amide bonds. The third-order valence-corrected chi connectivity index (χ3v) is 3.38. The minimum Gasteiger partial charge on any atom is -0.195 e. The number of hydrogen-bond donors (Lipinski definition) is 0. The highest BCUT2D eigenvalue weighted by Gasteiger charge is 2.26. The van der Waals surface area contributed by atoms with Crippen LogP contribution in [-0.2, 0) is 0 Å². The molecule has 0 aromatic rings. The molecule has 0 saturated carbocycles. The lowest BCUT2D eigenvalue weighted by atomic mass is 10.5. The van der Waals surface area contributed by atoms with Gasteiger partial charge in [0.1, 0.15) is 12.1 Å². The molecule has 4 heteroatoms. The molecule has 0 aromatic carbocycles. The van der Waals surface area contributed by atoms with Gasteiger partial charge < -0.3 is 0 Å². The van der Waals surface area contributed by atoms with Crippen molar-refractivity contribution in [3.05, 3.63) is 0 Å². The van der Waals surface area contributed by atoms with Gasteiger partial charge >= 0.3 is 0 Å². The standard InChI is InChI=1S/C5H6N2S2/c1-8-5(3-6,4-7)9-2/h1-2H3. The van der Waals surface area contributed by atoms with E-state index < -0.39 is 4.08 Å². The summed E-state index contributed by atoms with van der Waals surface area (Å²) in [6, 6.07) is 3.86. The van der Waals surface area contributed by atoms with Crippen LogP contribution in [0.3, 0.4) is 0 Å². The van der Waals surface area contributed by atoms with Crippen molar-refractivity contribution in [2.24, 2.45) is 0 Å². The van der Waals surface area contributed by atoms with E-state index in [0.717, 1.165) is 0 Å². The summed E-state index contributed by atoms with van der Waals surface area (Å²) in [5, 5.41) is 16.9. The Kier molecular flexibility index (Phi) is 3.53. The van der Waals surface area contributed by atoms with E-state index in [0.29, 0.717) is 0 Å². The Morgan fingerprint density at radius 2 is 1.44 bits per heavy atom. The number of hydrogen-bond acceptors (Lipinski definition) is 4. The Morgan fingerprint density at radius 3 is 1.44 bits per heavy atom. The summed E-state index contributed by atoms with van der Waals surface area (Å²) >= 11 is 2.52. The second-order valence-corrected chi connectivity index (χ2v) is 3.55. The Morgan fingerprint density at radius 1 is 1.11 bits per heavy atom. The van der Waals surface area contributed by atoms with Gasteiger partial charge in [0.05, 0.1) is 0 Å². The van der Waals surface area contributed by atoms with Crippen LogP contribution in [0.2, 0.25) is 0 Å². The van der Waals surface area contributed by atoms with Gasteiger partial charge in [-0.3, -0.25) is 0 Å². The monoisotopic (exact) mass is 158 g/mol. The minimum atomic E-state index is -0.889. The summed E-state index contributed by atoms with van der Waals surface area (Å²) in [6.07, 6.45) is 3.51. The molecule has 0 aliphatic carbocycles. The van der Waals surface area contributed by atoms with Crippen molar-refractivity contribution < 1.29 is 0 Å². The zero-order valence-corrected chi connectivity index (χ0v) is 6.84. The Bertz CT molecular complexity index is 145. The average molecular weight is 158 g/mol. The maximum absolute atomic E-state index is 8.46. The number of thioether (sulfide) groups is 2. The van der Waals surface area contributed by atoms with Gasteiger partial charge in [0.25, 0.3) is 0 Å². The second kappa shape index (κ2) is 3.66. The molecule has 0 saturated heterocycles. The van der Waals surface area contributed by atoms with Gasteiger partial charge in [0.2, 0.25) is 4.08 Å². The first-order valence-corrected chi connectivity index (χ1v) is 4.62. The Labute approximate surface area is 63.2 Å². The third-order valence-electron chi connectivity index (χ3n) is 0.869. The molecule has 0 fully saturated rings. The maximum Gasteiger partial charge on any atom is 0.233 e. The molecular weight excluding hydrogens is 152 g/mol. The molecule has 0 aliphatic heterocycles. The first-order valence-electron chi connectivity index (χ1n) is 2.17. The summed E-state index contributed by atoms with van der Waals surface area (Å²) < 4.78 is -0.889. The van der Waals surface area contributed by atoms with Crippen molar-refractivity contribution in [2.75, 3.05) is 12.5 Å². The van der Waals surface area contributed by atoms with Crippen molar-refractivity contribution in [1.82, 2.24) is 0 Å². The quantitative estimate of drug-likeness (QED) is 0.571. The molecule has 0 radical (unpaired) electrons. The molecular formula is C5H6N2S2. The second-order valence-electron chi connectivity index (χ2n) is 1.25. The molecule has 48 valence electrons. The zero-order valence-electron chi connectivity index (χ0n) is 5.21. The topological polar surface area (TPSA) is 47.6 Å². The molecule has 0 heterocycles. The van der Waals surface area contributed by atoms with Gasteiger partial charge in [-0.2, -0.15) is 10.5 Å². The predicted octanol–water partition coefficient (Wildman–Crippen LogP) is 1.46. The van der Waals surface area contributed by atoms with Gasteiger partial charge in [-0.1, -0.05) is 0 Å². The molecule has 0 atom stereocenters. The molecule has 0 aliphatic rings. The summed E-state index contributed by atoms with van der Waals surface area (Å²) in [5.41, 5.74) is 0. The van der Waals surface area contributed by atoms with Crippen LogP contribution in [0, 0.1) is 22.7 Å². The number of rotatable bonds is 2. The van der Waals surface area contributed by atoms with E-state index in [-0.39, 0.29) is 0 Å². The molecule has 0 rings (SSSR count). The summed E-state index contributed by atoms with van der Waals surface area (Å²) in [7, 11) is 0. The van der Waals surface area contributed by atoms with E-state index >= 15 is 0 Å². The molecule has 0 spiro atoms. The van der Waals surface area contributed by atoms with Crippen molar-refractivity contribution in [3.8, 4) is 12.1 Å². The fraction of sp³-hybridized carbons (Fsp3) is 0.600. The van der Waals surface area contributed by atoms with E-state index in [1.807, 2.05) is 12.1 Å². The van der Waals surface area contributed by atoms with Crippen molar-refractivity contribution >= 4 is 23.5 Å². The van der Waals surface area contributed by atoms with Gasteiger partial charge in [-0.15, -0.1) is 23.5 Å². The normalized spacial score (nSPS) is 9.78. The van der Waals surface area contributed by atoms with E-state index in [4.69, 9.17) is 10.5 Å². The van der Waals surface area contributed by atoms with Crippen LogP contribution in [0.25, 0.3) is 0 Å². The van der Waals surface area contributed by atoms with Crippen LogP contribution < -0.4 is 0 Å². The number of nitrogens with zero attached hydrogens (tertiary/aromatic N) is 2.